The smallest absolute Gasteiger partial charge is 0.416 e. The molecule has 1 N–H and O–H groups in total. The molecule has 0 aliphatic heterocycles. The highest BCUT2D eigenvalue weighted by atomic mass is 19.4. The summed E-state index contributed by atoms with van der Waals surface area (Å²) < 4.78 is 43.5. The minimum atomic E-state index is -4.45. The number of carbonyl (C=O) groups excluding carboxylic acids is 1. The Morgan fingerprint density at radius 1 is 1.00 bits per heavy atom. The van der Waals surface area contributed by atoms with E-state index in [0.717, 1.165) is 28.9 Å². The standard InChI is InChI=1S/C21H24F3NO2/c1-13(2)17-9-6-10-18(14(3)4)20(17)25-19(26)12-27-16-8-5-7-15(11-16)21(22,23)24/h5-11,13-14H,12H2,1-4H3,(H,25,26). The lowest BCUT2D eigenvalue weighted by molar-refractivity contribution is -0.137. The normalized spacial score (nSPS) is 11.7. The fraction of sp³-hybridized carbons (Fsp3) is 0.381. The fourth-order valence-corrected chi connectivity index (χ4v) is 2.78. The third kappa shape index (κ3) is 5.49. The first-order chi connectivity index (χ1) is 12.6. The van der Waals surface area contributed by atoms with E-state index in [1.165, 1.54) is 12.1 Å². The van der Waals surface area contributed by atoms with Crippen LogP contribution in [0.5, 0.6) is 5.75 Å². The van der Waals surface area contributed by atoms with E-state index in [1.54, 1.807) is 0 Å². The Morgan fingerprint density at radius 2 is 1.56 bits per heavy atom. The van der Waals surface area contributed by atoms with Gasteiger partial charge in [-0.15, -0.1) is 0 Å². The van der Waals surface area contributed by atoms with Gasteiger partial charge in [-0.05, 0) is 41.2 Å². The Morgan fingerprint density at radius 3 is 2.07 bits per heavy atom. The van der Waals surface area contributed by atoms with Crippen LogP contribution in [0.25, 0.3) is 0 Å². The number of benzene rings is 2. The van der Waals surface area contributed by atoms with Gasteiger partial charge in [0.25, 0.3) is 5.91 Å². The molecule has 1 amide bonds. The van der Waals surface area contributed by atoms with Crippen molar-refractivity contribution >= 4 is 11.6 Å². The molecule has 0 aliphatic carbocycles. The maximum Gasteiger partial charge on any atom is 0.416 e. The molecule has 0 aliphatic rings. The molecule has 0 heterocycles. The Bertz CT molecular complexity index is 772. The van der Waals surface area contributed by atoms with Crippen LogP contribution in [0.4, 0.5) is 18.9 Å². The Labute approximate surface area is 157 Å². The van der Waals surface area contributed by atoms with Crippen LogP contribution in [0.3, 0.4) is 0 Å². The quantitative estimate of drug-likeness (QED) is 0.671. The first kappa shape index (κ1) is 20.8. The molecule has 6 heteroatoms. The van der Waals surface area contributed by atoms with Crippen LogP contribution in [0.15, 0.2) is 42.5 Å². The number of halogens is 3. The van der Waals surface area contributed by atoms with Crippen molar-refractivity contribution in [3.8, 4) is 5.75 Å². The Balaban J connectivity index is 2.13. The van der Waals surface area contributed by atoms with Gasteiger partial charge in [-0.3, -0.25) is 4.79 Å². The summed E-state index contributed by atoms with van der Waals surface area (Å²) in [5.74, 6) is 0.00962. The molecule has 2 rings (SSSR count). The summed E-state index contributed by atoms with van der Waals surface area (Å²) in [5, 5.41) is 2.87. The summed E-state index contributed by atoms with van der Waals surface area (Å²) in [6.07, 6.45) is -4.45. The van der Waals surface area contributed by atoms with E-state index in [9.17, 15) is 18.0 Å². The van der Waals surface area contributed by atoms with E-state index in [2.05, 4.69) is 5.32 Å². The van der Waals surface area contributed by atoms with Crippen LogP contribution in [0.1, 0.15) is 56.2 Å². The molecule has 0 fully saturated rings. The van der Waals surface area contributed by atoms with Gasteiger partial charge in [-0.2, -0.15) is 13.2 Å². The minimum absolute atomic E-state index is 0.00111. The molecule has 3 nitrogen and oxygen atoms in total. The van der Waals surface area contributed by atoms with Gasteiger partial charge in [0.2, 0.25) is 0 Å². The van der Waals surface area contributed by atoms with Crippen molar-refractivity contribution in [2.45, 2.75) is 45.7 Å². The lowest BCUT2D eigenvalue weighted by Crippen LogP contribution is -2.22. The molecular formula is C21H24F3NO2. The first-order valence-corrected chi connectivity index (χ1v) is 8.82. The molecule has 146 valence electrons. The van der Waals surface area contributed by atoms with E-state index in [1.807, 2.05) is 45.9 Å². The molecule has 0 saturated carbocycles. The van der Waals surface area contributed by atoms with Gasteiger partial charge in [-0.1, -0.05) is 52.0 Å². The second-order valence-corrected chi connectivity index (χ2v) is 6.98. The van der Waals surface area contributed by atoms with Gasteiger partial charge in [-0.25, -0.2) is 0 Å². The molecule has 0 radical (unpaired) electrons. The van der Waals surface area contributed by atoms with Gasteiger partial charge < -0.3 is 10.1 Å². The topological polar surface area (TPSA) is 38.3 Å². The van der Waals surface area contributed by atoms with E-state index < -0.39 is 17.6 Å². The monoisotopic (exact) mass is 379 g/mol. The lowest BCUT2D eigenvalue weighted by atomic mass is 9.92. The number of para-hydroxylation sites is 1. The predicted molar refractivity (Wildman–Crippen MR) is 100 cm³/mol. The van der Waals surface area contributed by atoms with Crippen molar-refractivity contribution in [2.75, 3.05) is 11.9 Å². The number of carbonyl (C=O) groups is 1. The van der Waals surface area contributed by atoms with E-state index in [0.29, 0.717) is 0 Å². The second kappa shape index (κ2) is 8.46. The number of rotatable bonds is 6. The average molecular weight is 379 g/mol. The molecule has 0 spiro atoms. The zero-order valence-corrected chi connectivity index (χ0v) is 15.9. The molecule has 0 atom stereocenters. The molecule has 0 unspecified atom stereocenters. The number of anilines is 1. The van der Waals surface area contributed by atoms with Gasteiger partial charge in [0.1, 0.15) is 5.75 Å². The predicted octanol–water partition coefficient (Wildman–Crippen LogP) is 5.97. The molecule has 2 aromatic rings. The minimum Gasteiger partial charge on any atom is -0.484 e. The summed E-state index contributed by atoms with van der Waals surface area (Å²) in [4.78, 5) is 12.4. The highest BCUT2D eigenvalue weighted by molar-refractivity contribution is 5.93. The zero-order valence-electron chi connectivity index (χ0n) is 15.9. The molecule has 0 aromatic heterocycles. The van der Waals surface area contributed by atoms with E-state index in [4.69, 9.17) is 4.74 Å². The number of amides is 1. The van der Waals surface area contributed by atoms with Crippen molar-refractivity contribution in [1.82, 2.24) is 0 Å². The third-order valence-corrected chi connectivity index (χ3v) is 4.17. The van der Waals surface area contributed by atoms with Crippen molar-refractivity contribution < 1.29 is 22.7 Å². The highest BCUT2D eigenvalue weighted by Crippen LogP contribution is 2.33. The first-order valence-electron chi connectivity index (χ1n) is 8.82. The zero-order chi connectivity index (χ0) is 20.2. The lowest BCUT2D eigenvalue weighted by Gasteiger charge is -2.20. The van der Waals surface area contributed by atoms with Crippen LogP contribution in [0, 0.1) is 0 Å². The average Bonchev–Trinajstić information content (AvgIpc) is 2.59. The number of hydrogen-bond acceptors (Lipinski definition) is 2. The summed E-state index contributed by atoms with van der Waals surface area (Å²) in [7, 11) is 0. The maximum atomic E-state index is 12.8. The van der Waals surface area contributed by atoms with Crippen LogP contribution in [-0.2, 0) is 11.0 Å². The number of ether oxygens (including phenoxy) is 1. The second-order valence-electron chi connectivity index (χ2n) is 6.98. The van der Waals surface area contributed by atoms with Gasteiger partial charge in [0.05, 0.1) is 5.56 Å². The van der Waals surface area contributed by atoms with Gasteiger partial charge >= 0.3 is 6.18 Å². The SMILES string of the molecule is CC(C)c1cccc(C(C)C)c1NC(=O)COc1cccc(C(F)(F)F)c1. The van der Waals surface area contributed by atoms with Crippen LogP contribution in [0.2, 0.25) is 0 Å². The molecule has 27 heavy (non-hydrogen) atoms. The summed E-state index contributed by atoms with van der Waals surface area (Å²) in [6, 6.07) is 10.4. The van der Waals surface area contributed by atoms with Gasteiger partial charge in [0.15, 0.2) is 6.61 Å². The Kier molecular flexibility index (Phi) is 6.52. The van der Waals surface area contributed by atoms with Crippen molar-refractivity contribution in [1.29, 1.82) is 0 Å². The van der Waals surface area contributed by atoms with Crippen molar-refractivity contribution in [3.05, 3.63) is 59.2 Å². The third-order valence-electron chi connectivity index (χ3n) is 4.17. The summed E-state index contributed by atoms with van der Waals surface area (Å²) in [5.41, 5.74) is 1.95. The summed E-state index contributed by atoms with van der Waals surface area (Å²) >= 11 is 0. The fourth-order valence-electron chi connectivity index (χ4n) is 2.78. The van der Waals surface area contributed by atoms with Crippen LogP contribution < -0.4 is 10.1 Å². The van der Waals surface area contributed by atoms with Crippen LogP contribution in [-0.4, -0.2) is 12.5 Å². The summed E-state index contributed by atoms with van der Waals surface area (Å²) in [6.45, 7) is 7.77. The Hall–Kier alpha value is -2.50. The number of hydrogen-bond donors (Lipinski definition) is 1. The maximum absolute atomic E-state index is 12.8. The number of alkyl halides is 3. The molecule has 2 aromatic carbocycles. The highest BCUT2D eigenvalue weighted by Gasteiger charge is 2.30. The van der Waals surface area contributed by atoms with Crippen LogP contribution >= 0.6 is 0 Å². The van der Waals surface area contributed by atoms with E-state index >= 15 is 0 Å². The number of nitrogens with one attached hydrogen (secondary N) is 1. The molecular weight excluding hydrogens is 355 g/mol. The van der Waals surface area contributed by atoms with Crippen molar-refractivity contribution in [3.63, 3.8) is 0 Å². The van der Waals surface area contributed by atoms with Crippen molar-refractivity contribution in [2.24, 2.45) is 0 Å². The van der Waals surface area contributed by atoms with Gasteiger partial charge in [0, 0.05) is 5.69 Å². The molecule has 0 saturated heterocycles. The largest absolute Gasteiger partial charge is 0.484 e. The van der Waals surface area contributed by atoms with E-state index in [-0.39, 0.29) is 24.2 Å². The molecule has 0 bridgehead atoms.